The van der Waals surface area contributed by atoms with Gasteiger partial charge in [0, 0.05) is 12.6 Å². The van der Waals surface area contributed by atoms with Crippen LogP contribution >= 0.6 is 0 Å². The Morgan fingerprint density at radius 3 is 2.32 bits per heavy atom. The molecule has 0 aromatic rings. The van der Waals surface area contributed by atoms with Crippen molar-refractivity contribution in [3.63, 3.8) is 0 Å². The lowest BCUT2D eigenvalue weighted by molar-refractivity contribution is -0.0145. The van der Waals surface area contributed by atoms with Crippen molar-refractivity contribution in [3.05, 3.63) is 0 Å². The van der Waals surface area contributed by atoms with Crippen LogP contribution in [0, 0.1) is 5.92 Å². The second kappa shape index (κ2) is 8.93. The smallest absolute Gasteiger partial charge is 0.0900 e. The van der Waals surface area contributed by atoms with E-state index in [0.29, 0.717) is 12.6 Å². The zero-order chi connectivity index (χ0) is 14.3. The fourth-order valence-electron chi connectivity index (χ4n) is 2.74. The van der Waals surface area contributed by atoms with Gasteiger partial charge >= 0.3 is 0 Å². The van der Waals surface area contributed by atoms with Crippen LogP contribution in [0.15, 0.2) is 0 Å². The van der Waals surface area contributed by atoms with E-state index in [1.807, 2.05) is 13.8 Å². The van der Waals surface area contributed by atoms with Gasteiger partial charge in [-0.15, -0.1) is 0 Å². The van der Waals surface area contributed by atoms with Gasteiger partial charge in [0.2, 0.25) is 0 Å². The van der Waals surface area contributed by atoms with Crippen molar-refractivity contribution in [1.29, 1.82) is 0 Å². The number of ether oxygens (including phenoxy) is 1. The lowest BCUT2D eigenvalue weighted by Gasteiger charge is -2.31. The molecule has 0 bridgehead atoms. The van der Waals surface area contributed by atoms with E-state index in [1.54, 1.807) is 0 Å². The van der Waals surface area contributed by atoms with Gasteiger partial charge in [0.05, 0.1) is 18.8 Å². The molecule has 1 aliphatic carbocycles. The Labute approximate surface area is 119 Å². The van der Waals surface area contributed by atoms with Crippen LogP contribution in [0.5, 0.6) is 0 Å². The third-order valence-electron chi connectivity index (χ3n) is 3.90. The monoisotopic (exact) mass is 271 g/mol. The fourth-order valence-corrected chi connectivity index (χ4v) is 2.74. The number of aliphatic hydroxyl groups is 1. The molecule has 1 saturated carbocycles. The van der Waals surface area contributed by atoms with Gasteiger partial charge in [0.1, 0.15) is 0 Å². The molecule has 3 heteroatoms. The average molecular weight is 271 g/mol. The van der Waals surface area contributed by atoms with Crippen LogP contribution in [0.3, 0.4) is 0 Å². The maximum atomic E-state index is 10.1. The average Bonchev–Trinajstić information content (AvgIpc) is 2.85. The zero-order valence-electron chi connectivity index (χ0n) is 13.3. The summed E-state index contributed by atoms with van der Waals surface area (Å²) >= 11 is 0. The van der Waals surface area contributed by atoms with E-state index in [4.69, 9.17) is 4.74 Å². The summed E-state index contributed by atoms with van der Waals surface area (Å²) in [5.41, 5.74) is 0. The van der Waals surface area contributed by atoms with Gasteiger partial charge < -0.3 is 9.84 Å². The van der Waals surface area contributed by atoms with E-state index in [1.165, 1.54) is 32.1 Å². The Morgan fingerprint density at radius 1 is 1.16 bits per heavy atom. The highest BCUT2D eigenvalue weighted by atomic mass is 16.5. The van der Waals surface area contributed by atoms with E-state index in [9.17, 15) is 5.11 Å². The summed E-state index contributed by atoms with van der Waals surface area (Å²) < 4.78 is 5.52. The van der Waals surface area contributed by atoms with Crippen LogP contribution in [-0.4, -0.2) is 48.0 Å². The Kier molecular flexibility index (Phi) is 7.96. The number of hydrogen-bond donors (Lipinski definition) is 1. The zero-order valence-corrected chi connectivity index (χ0v) is 13.3. The molecule has 1 aliphatic rings. The molecule has 114 valence electrons. The molecule has 1 atom stereocenters. The van der Waals surface area contributed by atoms with Crippen molar-refractivity contribution >= 4 is 0 Å². The molecular formula is C16H33NO2. The van der Waals surface area contributed by atoms with Crippen molar-refractivity contribution < 1.29 is 9.84 Å². The summed E-state index contributed by atoms with van der Waals surface area (Å²) in [6.07, 6.45) is 6.36. The van der Waals surface area contributed by atoms with E-state index in [0.717, 1.165) is 19.0 Å². The van der Waals surface area contributed by atoms with Gasteiger partial charge in [-0.25, -0.2) is 0 Å². The molecule has 1 N–H and O–H groups in total. The number of rotatable bonds is 9. The third-order valence-corrected chi connectivity index (χ3v) is 3.90. The van der Waals surface area contributed by atoms with E-state index in [2.05, 4.69) is 18.7 Å². The van der Waals surface area contributed by atoms with Crippen molar-refractivity contribution in [1.82, 2.24) is 4.90 Å². The van der Waals surface area contributed by atoms with Crippen molar-refractivity contribution in [2.24, 2.45) is 5.92 Å². The first-order chi connectivity index (χ1) is 8.99. The first-order valence-electron chi connectivity index (χ1n) is 8.02. The molecule has 0 aromatic heterocycles. The van der Waals surface area contributed by atoms with Gasteiger partial charge in [-0.05, 0) is 45.6 Å². The Morgan fingerprint density at radius 2 is 1.79 bits per heavy atom. The first kappa shape index (κ1) is 16.9. The molecule has 0 amide bonds. The van der Waals surface area contributed by atoms with Crippen LogP contribution in [0.2, 0.25) is 0 Å². The third kappa shape index (κ3) is 7.28. The maximum Gasteiger partial charge on any atom is 0.0900 e. The van der Waals surface area contributed by atoms with Gasteiger partial charge in [-0.2, -0.15) is 0 Å². The minimum atomic E-state index is -0.352. The summed E-state index contributed by atoms with van der Waals surface area (Å²) in [7, 11) is 0. The van der Waals surface area contributed by atoms with Crippen LogP contribution in [0.4, 0.5) is 0 Å². The van der Waals surface area contributed by atoms with Crippen molar-refractivity contribution in [3.8, 4) is 0 Å². The summed E-state index contributed by atoms with van der Waals surface area (Å²) in [5, 5.41) is 10.1. The highest BCUT2D eigenvalue weighted by Gasteiger charge is 2.24. The van der Waals surface area contributed by atoms with Crippen molar-refractivity contribution in [2.75, 3.05) is 19.7 Å². The molecular weight excluding hydrogens is 238 g/mol. The lowest BCUT2D eigenvalue weighted by atomic mass is 10.1. The van der Waals surface area contributed by atoms with Crippen LogP contribution in [0.25, 0.3) is 0 Å². The molecule has 0 saturated heterocycles. The Hall–Kier alpha value is -0.120. The highest BCUT2D eigenvalue weighted by Crippen LogP contribution is 2.24. The summed E-state index contributed by atoms with van der Waals surface area (Å²) in [6, 6.07) is 0.687. The largest absolute Gasteiger partial charge is 0.389 e. The normalized spacial score (nSPS) is 18.9. The SMILES string of the molecule is CC(C)CCN(CC(O)COC(C)C)C1CCCC1. The predicted octanol–water partition coefficient (Wildman–Crippen LogP) is 3.06. The molecule has 0 heterocycles. The molecule has 1 rings (SSSR count). The molecule has 0 radical (unpaired) electrons. The summed E-state index contributed by atoms with van der Waals surface area (Å²) in [4.78, 5) is 2.50. The molecule has 19 heavy (non-hydrogen) atoms. The van der Waals surface area contributed by atoms with Crippen molar-refractivity contribution in [2.45, 2.75) is 78.0 Å². The second-order valence-electron chi connectivity index (χ2n) is 6.65. The van der Waals surface area contributed by atoms with E-state index < -0.39 is 0 Å². The fraction of sp³-hybridized carbons (Fsp3) is 1.00. The van der Waals surface area contributed by atoms with Crippen LogP contribution < -0.4 is 0 Å². The minimum absolute atomic E-state index is 0.199. The van der Waals surface area contributed by atoms with Gasteiger partial charge in [-0.3, -0.25) is 4.90 Å². The Balaban J connectivity index is 2.38. The van der Waals surface area contributed by atoms with Crippen LogP contribution in [-0.2, 0) is 4.74 Å². The molecule has 3 nitrogen and oxygen atoms in total. The summed E-state index contributed by atoms with van der Waals surface area (Å²) in [6.45, 7) is 10.9. The van der Waals surface area contributed by atoms with E-state index in [-0.39, 0.29) is 12.2 Å². The minimum Gasteiger partial charge on any atom is -0.389 e. The molecule has 1 unspecified atom stereocenters. The number of hydrogen-bond acceptors (Lipinski definition) is 3. The topological polar surface area (TPSA) is 32.7 Å². The van der Waals surface area contributed by atoms with Gasteiger partial charge in [-0.1, -0.05) is 26.7 Å². The van der Waals surface area contributed by atoms with Gasteiger partial charge in [0.15, 0.2) is 0 Å². The molecule has 0 aromatic carbocycles. The quantitative estimate of drug-likeness (QED) is 0.699. The highest BCUT2D eigenvalue weighted by molar-refractivity contribution is 4.79. The maximum absolute atomic E-state index is 10.1. The lowest BCUT2D eigenvalue weighted by Crippen LogP contribution is -2.41. The second-order valence-corrected chi connectivity index (χ2v) is 6.65. The molecule has 0 aliphatic heterocycles. The number of nitrogens with zero attached hydrogens (tertiary/aromatic N) is 1. The molecule has 0 spiro atoms. The predicted molar refractivity (Wildman–Crippen MR) is 80.4 cm³/mol. The van der Waals surface area contributed by atoms with Crippen LogP contribution in [0.1, 0.15) is 59.8 Å². The standard InChI is InChI=1S/C16H33NO2/c1-13(2)9-10-17(15-7-5-6-8-15)11-16(18)12-19-14(3)4/h13-16,18H,5-12H2,1-4H3. The van der Waals surface area contributed by atoms with Gasteiger partial charge in [0.25, 0.3) is 0 Å². The summed E-state index contributed by atoms with van der Waals surface area (Å²) in [5.74, 6) is 0.730. The number of aliphatic hydroxyl groups excluding tert-OH is 1. The first-order valence-corrected chi connectivity index (χ1v) is 8.02. The molecule has 1 fully saturated rings. The Bertz CT molecular complexity index is 225. The van der Waals surface area contributed by atoms with E-state index >= 15 is 0 Å².